The maximum atomic E-state index is 12.2. The van der Waals surface area contributed by atoms with E-state index in [0.717, 1.165) is 4.90 Å². The Morgan fingerprint density at radius 2 is 1.94 bits per heavy atom. The summed E-state index contributed by atoms with van der Waals surface area (Å²) < 4.78 is 36.5. The van der Waals surface area contributed by atoms with E-state index in [1.807, 2.05) is 6.92 Å². The summed E-state index contributed by atoms with van der Waals surface area (Å²) in [6, 6.07) is 0. The van der Waals surface area contributed by atoms with Crippen LogP contribution in [-0.4, -0.2) is 43.2 Å². The first-order chi connectivity index (χ1) is 7.40. The Morgan fingerprint density at radius 3 is 2.38 bits per heavy atom. The topological polar surface area (TPSA) is 32.3 Å². The molecule has 1 amide bonds. The third-order valence-corrected chi connectivity index (χ3v) is 1.98. The molecule has 96 valence electrons. The predicted octanol–water partition coefficient (Wildman–Crippen LogP) is 1.79. The number of nitrogens with one attached hydrogen (secondary N) is 1. The Bertz CT molecular complexity index is 207. The van der Waals surface area contributed by atoms with Crippen LogP contribution in [0.1, 0.15) is 26.7 Å². The summed E-state index contributed by atoms with van der Waals surface area (Å²) in [6.45, 7) is 3.77. The van der Waals surface area contributed by atoms with Gasteiger partial charge in [-0.1, -0.05) is 13.8 Å². The molecular formula is C10H19F3N2O. The van der Waals surface area contributed by atoms with Gasteiger partial charge in [-0.3, -0.25) is 4.79 Å². The van der Waals surface area contributed by atoms with Crippen molar-refractivity contribution in [3.8, 4) is 0 Å². The van der Waals surface area contributed by atoms with Gasteiger partial charge in [0.15, 0.2) is 0 Å². The Morgan fingerprint density at radius 1 is 1.31 bits per heavy atom. The fourth-order valence-electron chi connectivity index (χ4n) is 1.31. The lowest BCUT2D eigenvalue weighted by Gasteiger charge is -2.23. The average molecular weight is 240 g/mol. The van der Waals surface area contributed by atoms with Crippen LogP contribution in [0.4, 0.5) is 13.2 Å². The van der Waals surface area contributed by atoms with Crippen molar-refractivity contribution in [2.45, 2.75) is 32.9 Å². The van der Waals surface area contributed by atoms with Gasteiger partial charge in [-0.05, 0) is 13.0 Å². The fraction of sp³-hybridized carbons (Fsp3) is 0.900. The summed E-state index contributed by atoms with van der Waals surface area (Å²) in [7, 11) is 0. The van der Waals surface area contributed by atoms with Crippen molar-refractivity contribution >= 4 is 5.91 Å². The molecule has 3 nitrogen and oxygen atoms in total. The SMILES string of the molecule is CCCN(CC(F)(F)F)C(=O)CCNCC. The first-order valence-electron chi connectivity index (χ1n) is 5.46. The molecule has 16 heavy (non-hydrogen) atoms. The standard InChI is InChI=1S/C10H19F3N2O/c1-3-7-15(8-10(11,12)13)9(16)5-6-14-4-2/h14H,3-8H2,1-2H3. The van der Waals surface area contributed by atoms with E-state index in [9.17, 15) is 18.0 Å². The molecular weight excluding hydrogens is 221 g/mol. The summed E-state index contributed by atoms with van der Waals surface area (Å²) in [6.07, 6.45) is -3.67. The second kappa shape index (κ2) is 7.49. The van der Waals surface area contributed by atoms with Crippen molar-refractivity contribution in [2.75, 3.05) is 26.2 Å². The van der Waals surface area contributed by atoms with E-state index in [1.165, 1.54) is 0 Å². The van der Waals surface area contributed by atoms with Gasteiger partial charge in [0.05, 0.1) is 0 Å². The third kappa shape index (κ3) is 7.50. The Balaban J connectivity index is 4.13. The van der Waals surface area contributed by atoms with Gasteiger partial charge < -0.3 is 10.2 Å². The summed E-state index contributed by atoms with van der Waals surface area (Å²) in [5, 5.41) is 2.91. The number of amides is 1. The van der Waals surface area contributed by atoms with Gasteiger partial charge in [-0.15, -0.1) is 0 Å². The highest BCUT2D eigenvalue weighted by atomic mass is 19.4. The molecule has 0 aliphatic carbocycles. The molecule has 0 aromatic carbocycles. The van der Waals surface area contributed by atoms with Gasteiger partial charge in [-0.25, -0.2) is 0 Å². The van der Waals surface area contributed by atoms with Gasteiger partial charge in [-0.2, -0.15) is 13.2 Å². The van der Waals surface area contributed by atoms with Crippen LogP contribution in [0.25, 0.3) is 0 Å². The van der Waals surface area contributed by atoms with E-state index in [2.05, 4.69) is 5.32 Å². The van der Waals surface area contributed by atoms with Crippen LogP contribution in [0.5, 0.6) is 0 Å². The van der Waals surface area contributed by atoms with Crippen LogP contribution < -0.4 is 5.32 Å². The van der Waals surface area contributed by atoms with Gasteiger partial charge >= 0.3 is 6.18 Å². The van der Waals surface area contributed by atoms with Gasteiger partial charge in [0, 0.05) is 19.5 Å². The van der Waals surface area contributed by atoms with Crippen molar-refractivity contribution in [2.24, 2.45) is 0 Å². The zero-order valence-electron chi connectivity index (χ0n) is 9.73. The first kappa shape index (κ1) is 15.2. The lowest BCUT2D eigenvalue weighted by Crippen LogP contribution is -2.40. The van der Waals surface area contributed by atoms with E-state index in [-0.39, 0.29) is 13.0 Å². The van der Waals surface area contributed by atoms with E-state index >= 15 is 0 Å². The quantitative estimate of drug-likeness (QED) is 0.688. The molecule has 0 aliphatic rings. The lowest BCUT2D eigenvalue weighted by molar-refractivity contribution is -0.161. The van der Waals surface area contributed by atoms with Crippen LogP contribution in [0.2, 0.25) is 0 Å². The molecule has 0 saturated carbocycles. The average Bonchev–Trinajstić information content (AvgIpc) is 2.15. The zero-order valence-corrected chi connectivity index (χ0v) is 9.73. The third-order valence-electron chi connectivity index (χ3n) is 1.98. The molecule has 0 unspecified atom stereocenters. The summed E-state index contributed by atoms with van der Waals surface area (Å²) >= 11 is 0. The molecule has 6 heteroatoms. The Kier molecular flexibility index (Phi) is 7.12. The zero-order chi connectivity index (χ0) is 12.6. The minimum absolute atomic E-state index is 0.115. The number of hydrogen-bond acceptors (Lipinski definition) is 2. The van der Waals surface area contributed by atoms with Crippen molar-refractivity contribution in [1.82, 2.24) is 10.2 Å². The molecule has 0 aromatic heterocycles. The molecule has 0 aliphatic heterocycles. The molecule has 0 fully saturated rings. The molecule has 0 atom stereocenters. The number of alkyl halides is 3. The fourth-order valence-corrected chi connectivity index (χ4v) is 1.31. The highest BCUT2D eigenvalue weighted by Gasteiger charge is 2.32. The van der Waals surface area contributed by atoms with Crippen molar-refractivity contribution in [1.29, 1.82) is 0 Å². The predicted molar refractivity (Wildman–Crippen MR) is 56.1 cm³/mol. The maximum absolute atomic E-state index is 12.2. The molecule has 0 bridgehead atoms. The van der Waals surface area contributed by atoms with Crippen molar-refractivity contribution < 1.29 is 18.0 Å². The second-order valence-electron chi connectivity index (χ2n) is 3.53. The number of halogens is 3. The largest absolute Gasteiger partial charge is 0.406 e. The normalized spacial score (nSPS) is 11.6. The first-order valence-corrected chi connectivity index (χ1v) is 5.46. The van der Waals surface area contributed by atoms with Crippen molar-refractivity contribution in [3.63, 3.8) is 0 Å². The molecule has 1 N–H and O–H groups in total. The lowest BCUT2D eigenvalue weighted by atomic mass is 10.3. The Labute approximate surface area is 94.0 Å². The molecule has 0 rings (SSSR count). The summed E-state index contributed by atoms with van der Waals surface area (Å²) in [5.41, 5.74) is 0. The monoisotopic (exact) mass is 240 g/mol. The van der Waals surface area contributed by atoms with E-state index in [4.69, 9.17) is 0 Å². The van der Waals surface area contributed by atoms with E-state index in [0.29, 0.717) is 19.5 Å². The van der Waals surface area contributed by atoms with Gasteiger partial charge in [0.1, 0.15) is 6.54 Å². The van der Waals surface area contributed by atoms with Gasteiger partial charge in [0.25, 0.3) is 0 Å². The van der Waals surface area contributed by atoms with E-state index in [1.54, 1.807) is 6.92 Å². The number of nitrogens with zero attached hydrogens (tertiary/aromatic N) is 1. The highest BCUT2D eigenvalue weighted by molar-refractivity contribution is 5.76. The highest BCUT2D eigenvalue weighted by Crippen LogP contribution is 2.17. The smallest absolute Gasteiger partial charge is 0.334 e. The van der Waals surface area contributed by atoms with Crippen LogP contribution in [0.15, 0.2) is 0 Å². The molecule has 0 aromatic rings. The number of carbonyl (C=O) groups is 1. The minimum Gasteiger partial charge on any atom is -0.334 e. The van der Waals surface area contributed by atoms with Crippen LogP contribution in [0.3, 0.4) is 0 Å². The van der Waals surface area contributed by atoms with Crippen molar-refractivity contribution in [3.05, 3.63) is 0 Å². The molecule has 0 saturated heterocycles. The molecule has 0 heterocycles. The number of rotatable bonds is 7. The van der Waals surface area contributed by atoms with E-state index < -0.39 is 18.6 Å². The number of hydrogen-bond donors (Lipinski definition) is 1. The van der Waals surface area contributed by atoms with Crippen LogP contribution in [-0.2, 0) is 4.79 Å². The summed E-state index contributed by atoms with van der Waals surface area (Å²) in [5.74, 6) is -0.444. The van der Waals surface area contributed by atoms with Gasteiger partial charge in [0.2, 0.25) is 5.91 Å². The maximum Gasteiger partial charge on any atom is 0.406 e. The number of carbonyl (C=O) groups excluding carboxylic acids is 1. The second-order valence-corrected chi connectivity index (χ2v) is 3.53. The molecule has 0 radical (unpaired) electrons. The Hall–Kier alpha value is -0.780. The minimum atomic E-state index is -4.32. The van der Waals surface area contributed by atoms with Crippen LogP contribution >= 0.6 is 0 Å². The summed E-state index contributed by atoms with van der Waals surface area (Å²) in [4.78, 5) is 12.3. The molecule has 0 spiro atoms. The van der Waals surface area contributed by atoms with Crippen LogP contribution in [0, 0.1) is 0 Å².